The Hall–Kier alpha value is -1.79. The van der Waals surface area contributed by atoms with Crippen LogP contribution in [0.15, 0.2) is 5.16 Å². The fourth-order valence-electron chi connectivity index (χ4n) is 1.23. The summed E-state index contributed by atoms with van der Waals surface area (Å²) in [5.41, 5.74) is -0.399. The Balaban J connectivity index is 2.62. The van der Waals surface area contributed by atoms with Crippen LogP contribution in [0.3, 0.4) is 0 Å². The van der Waals surface area contributed by atoms with E-state index in [9.17, 15) is 9.59 Å². The fraction of sp³-hybridized carbons (Fsp3) is 0.700. The van der Waals surface area contributed by atoms with Gasteiger partial charge in [-0.1, -0.05) is 5.16 Å². The first-order valence-corrected chi connectivity index (χ1v) is 5.20. The molecule has 1 atom stereocenters. The van der Waals surface area contributed by atoms with Gasteiger partial charge in [0.05, 0.1) is 5.71 Å². The largest absolute Gasteiger partial charge is 0.479 e. The molecular weight excluding hydrogens is 228 g/mol. The second-order valence-corrected chi connectivity index (χ2v) is 4.58. The summed E-state index contributed by atoms with van der Waals surface area (Å²) in [7, 11) is 0. The minimum atomic E-state index is -1.20. The van der Waals surface area contributed by atoms with Crippen molar-refractivity contribution in [3.8, 4) is 0 Å². The third-order valence-electron chi connectivity index (χ3n) is 1.87. The summed E-state index contributed by atoms with van der Waals surface area (Å²) >= 11 is 0. The molecule has 1 rings (SSSR count). The molecule has 0 saturated carbocycles. The molecule has 1 unspecified atom stereocenters. The van der Waals surface area contributed by atoms with E-state index in [1.165, 1.54) is 0 Å². The number of amides is 1. The van der Waals surface area contributed by atoms with Gasteiger partial charge in [0.15, 0.2) is 6.04 Å². The maximum Gasteiger partial charge on any atom is 0.408 e. The van der Waals surface area contributed by atoms with Crippen molar-refractivity contribution in [2.45, 2.75) is 38.8 Å². The Bertz CT molecular complexity index is 345. The highest BCUT2D eigenvalue weighted by molar-refractivity contribution is 6.07. The number of rotatable bonds is 3. The molecule has 7 heteroatoms. The Morgan fingerprint density at radius 3 is 2.59 bits per heavy atom. The summed E-state index contributed by atoms with van der Waals surface area (Å²) in [4.78, 5) is 27.1. The number of carboxylic acid groups (broad SMARTS) is 1. The topological polar surface area (TPSA) is 97.2 Å². The highest BCUT2D eigenvalue weighted by Gasteiger charge is 2.30. The van der Waals surface area contributed by atoms with Crippen molar-refractivity contribution in [3.05, 3.63) is 0 Å². The van der Waals surface area contributed by atoms with Crippen LogP contribution in [0.1, 0.15) is 27.2 Å². The lowest BCUT2D eigenvalue weighted by molar-refractivity contribution is -0.137. The monoisotopic (exact) mass is 244 g/mol. The van der Waals surface area contributed by atoms with Crippen LogP contribution in [0.4, 0.5) is 4.79 Å². The Morgan fingerprint density at radius 1 is 1.53 bits per heavy atom. The van der Waals surface area contributed by atoms with Gasteiger partial charge in [-0.2, -0.15) is 0 Å². The average molecular weight is 244 g/mol. The van der Waals surface area contributed by atoms with Crippen molar-refractivity contribution in [1.29, 1.82) is 0 Å². The second kappa shape index (κ2) is 5.03. The number of oxime groups is 1. The van der Waals surface area contributed by atoms with E-state index in [-0.39, 0.29) is 5.71 Å². The van der Waals surface area contributed by atoms with Gasteiger partial charge in [-0.05, 0) is 20.8 Å². The number of nitrogens with one attached hydrogen (secondary N) is 1. The van der Waals surface area contributed by atoms with Crippen LogP contribution < -0.4 is 5.32 Å². The van der Waals surface area contributed by atoms with Gasteiger partial charge >= 0.3 is 12.1 Å². The first kappa shape index (κ1) is 13.3. The van der Waals surface area contributed by atoms with Crippen LogP contribution in [-0.2, 0) is 14.4 Å². The third kappa shape index (κ3) is 4.29. The molecule has 0 bridgehead atoms. The second-order valence-electron chi connectivity index (χ2n) is 4.58. The van der Waals surface area contributed by atoms with E-state index in [1.54, 1.807) is 20.8 Å². The van der Waals surface area contributed by atoms with Crippen LogP contribution in [-0.4, -0.2) is 41.1 Å². The molecular formula is C10H16N2O5. The standard InChI is InChI=1S/C10H16N2O5/c1-10(2,3)17-9(15)11-7(8(13)14)6-4-5-16-12-6/h7H,4-5H2,1-3H3,(H,11,15)(H,13,14). The minimum Gasteiger partial charge on any atom is -0.479 e. The van der Waals surface area contributed by atoms with E-state index in [0.717, 1.165) is 0 Å². The zero-order valence-electron chi connectivity index (χ0n) is 10.0. The summed E-state index contributed by atoms with van der Waals surface area (Å²) < 4.78 is 4.97. The number of carbonyl (C=O) groups is 2. The number of alkyl carbamates (subject to hydrolysis) is 1. The Labute approximate surface area is 98.8 Å². The number of carbonyl (C=O) groups excluding carboxylic acids is 1. The number of hydrogen-bond donors (Lipinski definition) is 2. The maximum absolute atomic E-state index is 11.4. The molecule has 0 aliphatic carbocycles. The van der Waals surface area contributed by atoms with Crippen molar-refractivity contribution in [2.75, 3.05) is 6.61 Å². The van der Waals surface area contributed by atoms with Gasteiger partial charge < -0.3 is 20.0 Å². The zero-order valence-corrected chi connectivity index (χ0v) is 10.0. The molecule has 0 aromatic heterocycles. The highest BCUT2D eigenvalue weighted by atomic mass is 16.6. The molecule has 0 saturated heterocycles. The van der Waals surface area contributed by atoms with Crippen molar-refractivity contribution in [2.24, 2.45) is 5.16 Å². The van der Waals surface area contributed by atoms with E-state index in [0.29, 0.717) is 13.0 Å². The van der Waals surface area contributed by atoms with Crippen molar-refractivity contribution in [1.82, 2.24) is 5.32 Å². The van der Waals surface area contributed by atoms with E-state index in [2.05, 4.69) is 10.5 Å². The molecule has 0 aromatic rings. The van der Waals surface area contributed by atoms with Crippen molar-refractivity contribution >= 4 is 17.8 Å². The molecule has 0 fully saturated rings. The molecule has 1 amide bonds. The van der Waals surface area contributed by atoms with Gasteiger partial charge in [-0.15, -0.1) is 0 Å². The molecule has 1 aliphatic heterocycles. The lowest BCUT2D eigenvalue weighted by Crippen LogP contribution is -2.47. The normalized spacial score (nSPS) is 16.8. The van der Waals surface area contributed by atoms with Gasteiger partial charge in [-0.25, -0.2) is 9.59 Å². The molecule has 1 heterocycles. The summed E-state index contributed by atoms with van der Waals surface area (Å²) in [5.74, 6) is -1.19. The highest BCUT2D eigenvalue weighted by Crippen LogP contribution is 2.09. The minimum absolute atomic E-state index is 0.281. The molecule has 7 nitrogen and oxygen atoms in total. The first-order chi connectivity index (χ1) is 7.79. The number of hydrogen-bond acceptors (Lipinski definition) is 5. The van der Waals surface area contributed by atoms with Gasteiger partial charge in [0.25, 0.3) is 0 Å². The predicted octanol–water partition coefficient (Wildman–Crippen LogP) is 0.741. The lowest BCUT2D eigenvalue weighted by atomic mass is 10.1. The van der Waals surface area contributed by atoms with Crippen LogP contribution in [0.25, 0.3) is 0 Å². The number of carboxylic acids is 1. The number of ether oxygens (including phenoxy) is 1. The molecule has 96 valence electrons. The molecule has 0 aromatic carbocycles. The van der Waals surface area contributed by atoms with Gasteiger partial charge in [0.1, 0.15) is 12.2 Å². The quantitative estimate of drug-likeness (QED) is 0.763. The zero-order chi connectivity index (χ0) is 13.1. The van der Waals surface area contributed by atoms with E-state index < -0.39 is 23.7 Å². The van der Waals surface area contributed by atoms with Gasteiger partial charge in [0, 0.05) is 6.42 Å². The summed E-state index contributed by atoms with van der Waals surface area (Å²) in [5, 5.41) is 14.8. The van der Waals surface area contributed by atoms with E-state index >= 15 is 0 Å². The fourth-order valence-corrected chi connectivity index (χ4v) is 1.23. The molecule has 0 spiro atoms. The molecule has 17 heavy (non-hydrogen) atoms. The van der Waals surface area contributed by atoms with Crippen molar-refractivity contribution < 1.29 is 24.3 Å². The van der Waals surface area contributed by atoms with Gasteiger partial charge in [-0.3, -0.25) is 0 Å². The SMILES string of the molecule is CC(C)(C)OC(=O)NC(C(=O)O)C1=NOCC1. The number of nitrogens with zero attached hydrogens (tertiary/aromatic N) is 1. The first-order valence-electron chi connectivity index (χ1n) is 5.20. The predicted molar refractivity (Wildman–Crippen MR) is 58.8 cm³/mol. The Kier molecular flexibility index (Phi) is 3.93. The van der Waals surface area contributed by atoms with E-state index in [4.69, 9.17) is 14.7 Å². The molecule has 2 N–H and O–H groups in total. The lowest BCUT2D eigenvalue weighted by Gasteiger charge is -2.21. The van der Waals surface area contributed by atoms with Crippen LogP contribution in [0.5, 0.6) is 0 Å². The third-order valence-corrected chi connectivity index (χ3v) is 1.87. The number of aliphatic carboxylic acids is 1. The van der Waals surface area contributed by atoms with Crippen LogP contribution in [0, 0.1) is 0 Å². The van der Waals surface area contributed by atoms with Crippen molar-refractivity contribution in [3.63, 3.8) is 0 Å². The van der Waals surface area contributed by atoms with Crippen LogP contribution >= 0.6 is 0 Å². The summed E-state index contributed by atoms with van der Waals surface area (Å²) in [6.07, 6.45) is -0.410. The van der Waals surface area contributed by atoms with E-state index in [1.807, 2.05) is 0 Å². The maximum atomic E-state index is 11.4. The van der Waals surface area contributed by atoms with Gasteiger partial charge in [0.2, 0.25) is 0 Å². The average Bonchev–Trinajstić information content (AvgIpc) is 2.63. The Morgan fingerprint density at radius 2 is 2.18 bits per heavy atom. The molecule has 0 radical (unpaired) electrons. The van der Waals surface area contributed by atoms with Crippen LogP contribution in [0.2, 0.25) is 0 Å². The smallest absolute Gasteiger partial charge is 0.408 e. The molecule has 1 aliphatic rings. The summed E-state index contributed by atoms with van der Waals surface area (Å²) in [6, 6.07) is -1.20. The summed E-state index contributed by atoms with van der Waals surface area (Å²) in [6.45, 7) is 5.41.